The van der Waals surface area contributed by atoms with Crippen molar-refractivity contribution in [2.24, 2.45) is 0 Å². The molecule has 0 amide bonds. The average molecular weight is 331 g/mol. The minimum atomic E-state index is -1.21. The number of aromatic carboxylic acids is 1. The van der Waals surface area contributed by atoms with Crippen molar-refractivity contribution in [1.29, 1.82) is 0 Å². The third-order valence-electron chi connectivity index (χ3n) is 3.62. The number of piperazine rings is 1. The van der Waals surface area contributed by atoms with Gasteiger partial charge in [0.05, 0.1) is 21.4 Å². The van der Waals surface area contributed by atoms with Gasteiger partial charge in [-0.15, -0.1) is 0 Å². The Morgan fingerprint density at radius 1 is 1.33 bits per heavy atom. The fourth-order valence-corrected chi connectivity index (χ4v) is 3.54. The molecule has 1 unspecified atom stereocenters. The maximum Gasteiger partial charge on any atom is 0.337 e. The number of benzene rings is 1. The molecule has 0 radical (unpaired) electrons. The van der Waals surface area contributed by atoms with Gasteiger partial charge in [0.1, 0.15) is 0 Å². The summed E-state index contributed by atoms with van der Waals surface area (Å²) in [6.07, 6.45) is 0. The van der Waals surface area contributed by atoms with Gasteiger partial charge >= 0.3 is 5.97 Å². The first kappa shape index (κ1) is 16.4. The van der Waals surface area contributed by atoms with E-state index in [1.54, 1.807) is 6.07 Å². The highest BCUT2D eigenvalue weighted by atomic mass is 35.5. The first-order chi connectivity index (χ1) is 9.97. The molecule has 1 heterocycles. The summed E-state index contributed by atoms with van der Waals surface area (Å²) in [4.78, 5) is 16.1. The van der Waals surface area contributed by atoms with Gasteiger partial charge in [0.25, 0.3) is 0 Å². The number of carboxylic acids is 1. The number of halogens is 1. The van der Waals surface area contributed by atoms with Crippen LogP contribution in [-0.2, 0) is 10.8 Å². The molecular weight excluding hydrogens is 312 g/mol. The Labute approximate surface area is 131 Å². The summed E-state index contributed by atoms with van der Waals surface area (Å²) in [6.45, 7) is 4.77. The van der Waals surface area contributed by atoms with Crippen molar-refractivity contribution in [3.05, 3.63) is 28.8 Å². The molecule has 7 heteroatoms. The van der Waals surface area contributed by atoms with Gasteiger partial charge in [-0.1, -0.05) is 11.6 Å². The standard InChI is InChI=1S/C14H19ClN2O3S/c1-16-4-6-17(7-5-16)8-9-21(20)11-2-3-13(15)12(10-11)14(18)19/h2-3,10H,4-9H2,1H3,(H,18,19). The average Bonchev–Trinajstić information content (AvgIpc) is 2.46. The Bertz CT molecular complexity index is 545. The molecule has 1 aromatic rings. The second kappa shape index (κ2) is 7.35. The van der Waals surface area contributed by atoms with E-state index in [2.05, 4.69) is 16.8 Å². The number of hydrogen-bond donors (Lipinski definition) is 1. The van der Waals surface area contributed by atoms with Crippen LogP contribution in [0.1, 0.15) is 10.4 Å². The van der Waals surface area contributed by atoms with Crippen molar-refractivity contribution in [1.82, 2.24) is 9.80 Å². The molecule has 21 heavy (non-hydrogen) atoms. The van der Waals surface area contributed by atoms with Crippen LogP contribution in [0.2, 0.25) is 5.02 Å². The summed E-state index contributed by atoms with van der Waals surface area (Å²) in [6, 6.07) is 4.54. The predicted octanol–water partition coefficient (Wildman–Crippen LogP) is 1.39. The minimum absolute atomic E-state index is 0.00196. The highest BCUT2D eigenvalue weighted by Crippen LogP contribution is 2.20. The van der Waals surface area contributed by atoms with Crippen LogP contribution < -0.4 is 0 Å². The number of nitrogens with zero attached hydrogens (tertiary/aromatic N) is 2. The molecule has 1 fully saturated rings. The van der Waals surface area contributed by atoms with E-state index >= 15 is 0 Å². The Balaban J connectivity index is 1.94. The molecule has 0 saturated carbocycles. The van der Waals surface area contributed by atoms with Gasteiger partial charge in [-0.25, -0.2) is 4.79 Å². The second-order valence-electron chi connectivity index (χ2n) is 5.14. The molecule has 1 aromatic carbocycles. The summed E-state index contributed by atoms with van der Waals surface area (Å²) in [5.74, 6) is -0.595. The van der Waals surface area contributed by atoms with Crippen molar-refractivity contribution in [2.75, 3.05) is 45.5 Å². The third-order valence-corrected chi connectivity index (χ3v) is 5.28. The van der Waals surface area contributed by atoms with Crippen LogP contribution in [0.15, 0.2) is 23.1 Å². The smallest absolute Gasteiger partial charge is 0.337 e. The van der Waals surface area contributed by atoms with Gasteiger partial charge in [0.2, 0.25) is 0 Å². The molecule has 2 rings (SSSR count). The van der Waals surface area contributed by atoms with Gasteiger partial charge in [-0.3, -0.25) is 9.11 Å². The Morgan fingerprint density at radius 2 is 2.00 bits per heavy atom. The van der Waals surface area contributed by atoms with Crippen molar-refractivity contribution in [2.45, 2.75) is 4.90 Å². The fraction of sp³-hybridized carbons (Fsp3) is 0.500. The van der Waals surface area contributed by atoms with Crippen LogP contribution in [0.3, 0.4) is 0 Å². The van der Waals surface area contributed by atoms with Crippen molar-refractivity contribution >= 4 is 28.4 Å². The molecule has 5 nitrogen and oxygen atoms in total. The largest absolute Gasteiger partial charge is 0.478 e. The Kier molecular flexibility index (Phi) is 5.75. The van der Waals surface area contributed by atoms with Crippen molar-refractivity contribution < 1.29 is 14.1 Å². The molecule has 1 saturated heterocycles. The topological polar surface area (TPSA) is 60.9 Å². The van der Waals surface area contributed by atoms with Gasteiger partial charge in [0, 0.05) is 43.4 Å². The van der Waals surface area contributed by atoms with E-state index in [0.29, 0.717) is 10.6 Å². The lowest BCUT2D eigenvalue weighted by atomic mass is 10.2. The quantitative estimate of drug-likeness (QED) is 0.884. The molecular formula is C14H19ClN2O3S. The van der Waals surface area contributed by atoms with E-state index < -0.39 is 16.8 Å². The first-order valence-electron chi connectivity index (χ1n) is 6.79. The van der Waals surface area contributed by atoms with Crippen LogP contribution in [0, 0.1) is 0 Å². The number of carboxylic acid groups (broad SMARTS) is 1. The molecule has 0 bridgehead atoms. The van der Waals surface area contributed by atoms with E-state index in [-0.39, 0.29) is 10.6 Å². The zero-order valence-corrected chi connectivity index (χ0v) is 13.5. The lowest BCUT2D eigenvalue weighted by molar-refractivity contribution is 0.0697. The molecule has 1 aliphatic rings. The summed E-state index contributed by atoms with van der Waals surface area (Å²) in [5, 5.41) is 9.20. The summed E-state index contributed by atoms with van der Waals surface area (Å²) < 4.78 is 12.3. The Morgan fingerprint density at radius 3 is 2.62 bits per heavy atom. The SMILES string of the molecule is CN1CCN(CCS(=O)c2ccc(Cl)c(C(=O)O)c2)CC1. The normalized spacial score (nSPS) is 18.6. The summed E-state index contributed by atoms with van der Waals surface area (Å²) >= 11 is 5.82. The lowest BCUT2D eigenvalue weighted by Gasteiger charge is -2.32. The number of rotatable bonds is 5. The van der Waals surface area contributed by atoms with Crippen LogP contribution in [-0.4, -0.2) is 70.6 Å². The molecule has 1 N–H and O–H groups in total. The number of likely N-dealkylation sites (N-methyl/N-ethyl adjacent to an activating group) is 1. The van der Waals surface area contributed by atoms with E-state index in [1.807, 2.05) is 0 Å². The third kappa shape index (κ3) is 4.51. The predicted molar refractivity (Wildman–Crippen MR) is 83.6 cm³/mol. The van der Waals surface area contributed by atoms with Gasteiger partial charge in [-0.2, -0.15) is 0 Å². The highest BCUT2D eigenvalue weighted by molar-refractivity contribution is 7.85. The Hall–Kier alpha value is -0.950. The maximum atomic E-state index is 12.3. The highest BCUT2D eigenvalue weighted by Gasteiger charge is 2.16. The van der Waals surface area contributed by atoms with E-state index in [0.717, 1.165) is 32.7 Å². The number of carbonyl (C=O) groups is 1. The molecule has 1 aliphatic heterocycles. The maximum absolute atomic E-state index is 12.3. The minimum Gasteiger partial charge on any atom is -0.478 e. The lowest BCUT2D eigenvalue weighted by Crippen LogP contribution is -2.45. The fourth-order valence-electron chi connectivity index (χ4n) is 2.21. The van der Waals surface area contributed by atoms with Crippen LogP contribution in [0.4, 0.5) is 0 Å². The molecule has 0 aliphatic carbocycles. The van der Waals surface area contributed by atoms with Crippen LogP contribution in [0.5, 0.6) is 0 Å². The first-order valence-corrected chi connectivity index (χ1v) is 8.49. The number of hydrogen-bond acceptors (Lipinski definition) is 4. The second-order valence-corrected chi connectivity index (χ2v) is 7.12. The molecule has 0 spiro atoms. The monoisotopic (exact) mass is 330 g/mol. The molecule has 116 valence electrons. The van der Waals surface area contributed by atoms with Crippen LogP contribution >= 0.6 is 11.6 Å². The van der Waals surface area contributed by atoms with E-state index in [4.69, 9.17) is 16.7 Å². The summed E-state index contributed by atoms with van der Waals surface area (Å²) in [5.41, 5.74) is 0.00196. The van der Waals surface area contributed by atoms with E-state index in [9.17, 15) is 9.00 Å². The van der Waals surface area contributed by atoms with Gasteiger partial charge in [0.15, 0.2) is 0 Å². The molecule has 1 atom stereocenters. The summed E-state index contributed by atoms with van der Waals surface area (Å²) in [7, 11) is 0.888. The van der Waals surface area contributed by atoms with Gasteiger partial charge < -0.3 is 10.0 Å². The van der Waals surface area contributed by atoms with Crippen molar-refractivity contribution in [3.8, 4) is 0 Å². The van der Waals surface area contributed by atoms with Crippen LogP contribution in [0.25, 0.3) is 0 Å². The zero-order valence-electron chi connectivity index (χ0n) is 11.9. The zero-order chi connectivity index (χ0) is 15.4. The van der Waals surface area contributed by atoms with Gasteiger partial charge in [-0.05, 0) is 25.2 Å². The van der Waals surface area contributed by atoms with Crippen molar-refractivity contribution in [3.63, 3.8) is 0 Å². The molecule has 0 aromatic heterocycles. The van der Waals surface area contributed by atoms with E-state index in [1.165, 1.54) is 12.1 Å².